The molecule has 0 saturated heterocycles. The second-order valence-electron chi connectivity index (χ2n) is 7.83. The number of amides is 1. The summed E-state index contributed by atoms with van der Waals surface area (Å²) >= 11 is 0. The molecule has 0 saturated carbocycles. The molecule has 0 aliphatic carbocycles. The van der Waals surface area contributed by atoms with Crippen molar-refractivity contribution >= 4 is 38.2 Å². The molecule has 0 unspecified atom stereocenters. The summed E-state index contributed by atoms with van der Waals surface area (Å²) in [7, 11) is -1.77. The molecule has 1 N–H and O–H groups in total. The zero-order chi connectivity index (χ0) is 20.9. The first kappa shape index (κ1) is 19.0. The average molecular weight is 423 g/mol. The molecule has 3 aromatic rings. The first-order valence-corrected chi connectivity index (χ1v) is 11.4. The third-order valence-electron chi connectivity index (χ3n) is 5.82. The van der Waals surface area contributed by atoms with Crippen molar-refractivity contribution in [3.8, 4) is 0 Å². The maximum atomic E-state index is 13.6. The molecule has 7 nitrogen and oxygen atoms in total. The minimum absolute atomic E-state index is 0.0465. The largest absolute Gasteiger partial charge is 0.326 e. The molecule has 2 aromatic heterocycles. The van der Waals surface area contributed by atoms with Crippen LogP contribution in [0, 0.1) is 0 Å². The topological polar surface area (TPSA) is 84.3 Å². The average Bonchev–Trinajstić information content (AvgIpc) is 3.14. The van der Waals surface area contributed by atoms with Crippen molar-refractivity contribution in [2.45, 2.75) is 24.2 Å². The Morgan fingerprint density at radius 3 is 2.80 bits per heavy atom. The number of aryl methyl sites for hydroxylation is 1. The zero-order valence-electron chi connectivity index (χ0n) is 16.6. The van der Waals surface area contributed by atoms with Crippen molar-refractivity contribution in [3.05, 3.63) is 59.9 Å². The number of hydrogen-bond acceptors (Lipinski definition) is 5. The van der Waals surface area contributed by atoms with Crippen molar-refractivity contribution in [2.75, 3.05) is 25.5 Å². The van der Waals surface area contributed by atoms with Crippen molar-refractivity contribution in [1.82, 2.24) is 13.9 Å². The van der Waals surface area contributed by atoms with Crippen LogP contribution in [0.4, 0.5) is 5.69 Å². The number of nitrogens with one attached hydrogen (secondary N) is 1. The van der Waals surface area contributed by atoms with E-state index in [2.05, 4.69) is 28.3 Å². The monoisotopic (exact) mass is 422 g/mol. The molecule has 0 spiro atoms. The van der Waals surface area contributed by atoms with Crippen LogP contribution in [0.5, 0.6) is 0 Å². The Morgan fingerprint density at radius 2 is 2.00 bits per heavy atom. The van der Waals surface area contributed by atoms with E-state index < -0.39 is 10.0 Å². The van der Waals surface area contributed by atoms with Gasteiger partial charge >= 0.3 is 0 Å². The highest BCUT2D eigenvalue weighted by atomic mass is 32.2. The van der Waals surface area contributed by atoms with Crippen LogP contribution in [0.3, 0.4) is 0 Å². The van der Waals surface area contributed by atoms with Crippen molar-refractivity contribution in [2.24, 2.45) is 0 Å². The molecule has 2 aliphatic rings. The molecule has 5 rings (SSSR count). The zero-order valence-corrected chi connectivity index (χ0v) is 17.4. The molecule has 8 heteroatoms. The second kappa shape index (κ2) is 7.07. The van der Waals surface area contributed by atoms with E-state index in [1.165, 1.54) is 3.97 Å². The lowest BCUT2D eigenvalue weighted by molar-refractivity contribution is -0.116. The maximum Gasteiger partial charge on any atom is 0.269 e. The Balaban J connectivity index is 1.63. The summed E-state index contributed by atoms with van der Waals surface area (Å²) in [5.41, 5.74) is 4.00. The highest BCUT2D eigenvalue weighted by molar-refractivity contribution is 7.90. The van der Waals surface area contributed by atoms with Gasteiger partial charge in [-0.2, -0.15) is 0 Å². The quantitative estimate of drug-likeness (QED) is 0.702. The molecule has 154 valence electrons. The summed E-state index contributed by atoms with van der Waals surface area (Å²) in [5.74, 6) is -0.0465. The minimum Gasteiger partial charge on any atom is -0.326 e. The lowest BCUT2D eigenvalue weighted by atomic mass is 10.00. The van der Waals surface area contributed by atoms with Gasteiger partial charge in [0.15, 0.2) is 5.65 Å². The summed E-state index contributed by atoms with van der Waals surface area (Å²) in [6.07, 6.45) is 7.22. The second-order valence-corrected chi connectivity index (χ2v) is 9.64. The van der Waals surface area contributed by atoms with Crippen LogP contribution in [0.1, 0.15) is 24.0 Å². The summed E-state index contributed by atoms with van der Waals surface area (Å²) < 4.78 is 28.4. The van der Waals surface area contributed by atoms with Crippen LogP contribution < -0.4 is 5.32 Å². The molecule has 0 radical (unpaired) electrons. The van der Waals surface area contributed by atoms with E-state index >= 15 is 0 Å². The third-order valence-corrected chi connectivity index (χ3v) is 7.47. The molecule has 0 fully saturated rings. The van der Waals surface area contributed by atoms with Gasteiger partial charge in [0.1, 0.15) is 0 Å². The van der Waals surface area contributed by atoms with Crippen LogP contribution in [0.2, 0.25) is 0 Å². The van der Waals surface area contributed by atoms with Gasteiger partial charge in [-0.1, -0.05) is 6.08 Å². The van der Waals surface area contributed by atoms with Gasteiger partial charge in [-0.05, 0) is 61.4 Å². The predicted molar refractivity (Wildman–Crippen MR) is 116 cm³/mol. The number of fused-ring (bicyclic) bond motifs is 2. The van der Waals surface area contributed by atoms with Crippen LogP contribution in [0.15, 0.2) is 53.7 Å². The van der Waals surface area contributed by atoms with E-state index in [0.717, 1.165) is 41.6 Å². The van der Waals surface area contributed by atoms with Gasteiger partial charge in [0.25, 0.3) is 10.0 Å². The SMILES string of the molecule is CN1CC=C(c2cn(S(=O)(=O)c3ccc4c(c3)CCC(=O)N4)c3ncccc23)CC1. The number of likely N-dealkylation sites (N-methyl/N-ethyl adjacent to an activating group) is 1. The van der Waals surface area contributed by atoms with Crippen LogP contribution in [-0.4, -0.2) is 48.3 Å². The normalized spacial score (nSPS) is 17.5. The highest BCUT2D eigenvalue weighted by Gasteiger charge is 2.25. The number of hydrogen-bond donors (Lipinski definition) is 1. The van der Waals surface area contributed by atoms with E-state index in [1.807, 2.05) is 12.1 Å². The summed E-state index contributed by atoms with van der Waals surface area (Å²) in [6, 6.07) is 8.63. The number of nitrogens with zero attached hydrogens (tertiary/aromatic N) is 3. The number of anilines is 1. The summed E-state index contributed by atoms with van der Waals surface area (Å²) in [5, 5.41) is 3.63. The molecule has 4 heterocycles. The Hall–Kier alpha value is -2.97. The van der Waals surface area contributed by atoms with Crippen LogP contribution in [0.25, 0.3) is 16.6 Å². The molecule has 0 atom stereocenters. The fourth-order valence-electron chi connectivity index (χ4n) is 4.12. The number of carbonyl (C=O) groups excluding carboxylic acids is 1. The Morgan fingerprint density at radius 1 is 1.13 bits per heavy atom. The summed E-state index contributed by atoms with van der Waals surface area (Å²) in [4.78, 5) is 18.4. The number of aromatic nitrogens is 2. The highest BCUT2D eigenvalue weighted by Crippen LogP contribution is 2.33. The lowest BCUT2D eigenvalue weighted by Crippen LogP contribution is -2.23. The maximum absolute atomic E-state index is 13.6. The van der Waals surface area contributed by atoms with Crippen molar-refractivity contribution in [3.63, 3.8) is 0 Å². The first-order valence-electron chi connectivity index (χ1n) is 9.96. The Labute approximate surface area is 175 Å². The fourth-order valence-corrected chi connectivity index (χ4v) is 5.49. The van der Waals surface area contributed by atoms with Crippen LogP contribution >= 0.6 is 0 Å². The molecule has 2 aliphatic heterocycles. The van der Waals surface area contributed by atoms with Gasteiger partial charge < -0.3 is 10.2 Å². The first-order chi connectivity index (χ1) is 14.4. The lowest BCUT2D eigenvalue weighted by Gasteiger charge is -2.21. The van der Waals surface area contributed by atoms with E-state index in [0.29, 0.717) is 24.2 Å². The number of pyridine rings is 1. The minimum atomic E-state index is -3.84. The van der Waals surface area contributed by atoms with Gasteiger partial charge in [0.2, 0.25) is 5.91 Å². The molecule has 0 bridgehead atoms. The van der Waals surface area contributed by atoms with E-state index in [1.54, 1.807) is 30.6 Å². The summed E-state index contributed by atoms with van der Waals surface area (Å²) in [6.45, 7) is 1.77. The van der Waals surface area contributed by atoms with Crippen molar-refractivity contribution in [1.29, 1.82) is 0 Å². The molecule has 1 aromatic carbocycles. The number of rotatable bonds is 3. The van der Waals surface area contributed by atoms with E-state index in [9.17, 15) is 13.2 Å². The van der Waals surface area contributed by atoms with Gasteiger partial charge in [0.05, 0.1) is 4.90 Å². The fraction of sp³-hybridized carbons (Fsp3) is 0.273. The molecular weight excluding hydrogens is 400 g/mol. The van der Waals surface area contributed by atoms with Gasteiger partial charge in [-0.15, -0.1) is 0 Å². The van der Waals surface area contributed by atoms with E-state index in [4.69, 9.17) is 0 Å². The van der Waals surface area contributed by atoms with E-state index in [-0.39, 0.29) is 10.8 Å². The smallest absolute Gasteiger partial charge is 0.269 e. The standard InChI is InChI=1S/C22H22N4O3S/c1-25-11-8-15(9-12-25)19-14-26(22-18(19)3-2-10-23-22)30(28,29)17-5-6-20-16(13-17)4-7-21(27)24-20/h2-3,5-6,8,10,13-14H,4,7,9,11-12H2,1H3,(H,24,27). The third kappa shape index (κ3) is 3.12. The van der Waals surface area contributed by atoms with Gasteiger partial charge in [-0.25, -0.2) is 17.4 Å². The number of benzene rings is 1. The van der Waals surface area contributed by atoms with Gasteiger partial charge in [-0.3, -0.25) is 4.79 Å². The van der Waals surface area contributed by atoms with Crippen molar-refractivity contribution < 1.29 is 13.2 Å². The molecule has 1 amide bonds. The van der Waals surface area contributed by atoms with Crippen LogP contribution in [-0.2, 0) is 21.2 Å². The Bertz CT molecular complexity index is 1310. The molecular formula is C22H22N4O3S. The number of carbonyl (C=O) groups is 1. The Kier molecular flexibility index (Phi) is 4.48. The predicted octanol–water partition coefficient (Wildman–Crippen LogP) is 2.88. The van der Waals surface area contributed by atoms with Gasteiger partial charge in [0, 0.05) is 48.5 Å². The molecule has 30 heavy (non-hydrogen) atoms.